The molecule has 1 aromatic carbocycles. The third kappa shape index (κ3) is 3.03. The minimum Gasteiger partial charge on any atom is -0.392 e. The molecule has 1 fully saturated rings. The Bertz CT molecular complexity index is 906. The molecular formula is C19H21FN4O. The lowest BCUT2D eigenvalue weighted by atomic mass is 10.0. The van der Waals surface area contributed by atoms with E-state index in [0.717, 1.165) is 22.6 Å². The second kappa shape index (κ2) is 6.20. The summed E-state index contributed by atoms with van der Waals surface area (Å²) in [5, 5.41) is 10.2. The molecule has 1 N–H and O–H groups in total. The van der Waals surface area contributed by atoms with Crippen molar-refractivity contribution in [1.82, 2.24) is 19.3 Å². The topological polar surface area (TPSA) is 53.7 Å². The molecule has 1 aliphatic heterocycles. The lowest BCUT2D eigenvalue weighted by molar-refractivity contribution is 0.172. The summed E-state index contributed by atoms with van der Waals surface area (Å²) in [6.07, 6.45) is 2.12. The van der Waals surface area contributed by atoms with E-state index in [9.17, 15) is 9.50 Å². The van der Waals surface area contributed by atoms with Crippen LogP contribution in [0, 0.1) is 19.7 Å². The fourth-order valence-electron chi connectivity index (χ4n) is 3.80. The predicted molar refractivity (Wildman–Crippen MR) is 92.6 cm³/mol. The Morgan fingerprint density at radius 2 is 2.00 bits per heavy atom. The maximum absolute atomic E-state index is 13.2. The molecule has 5 nitrogen and oxygen atoms in total. The molecule has 0 saturated carbocycles. The molecular weight excluding hydrogens is 319 g/mol. The molecule has 0 bridgehead atoms. The van der Waals surface area contributed by atoms with Crippen molar-refractivity contribution in [3.05, 3.63) is 65.0 Å². The SMILES string of the molecule is Cc1cc(C)n2c(CN3C[C@H](O)C[C@H]3c3ccc(F)cc3)cnc2n1. The Morgan fingerprint density at radius 1 is 1.24 bits per heavy atom. The Kier molecular flexibility index (Phi) is 4.01. The largest absolute Gasteiger partial charge is 0.392 e. The van der Waals surface area contributed by atoms with Gasteiger partial charge in [0.15, 0.2) is 0 Å². The lowest BCUT2D eigenvalue weighted by Gasteiger charge is -2.24. The number of halogens is 1. The number of aromatic nitrogens is 3. The van der Waals surface area contributed by atoms with Crippen LogP contribution in [-0.2, 0) is 6.54 Å². The highest BCUT2D eigenvalue weighted by Crippen LogP contribution is 2.33. The number of rotatable bonds is 3. The zero-order valence-corrected chi connectivity index (χ0v) is 14.4. The third-order valence-corrected chi connectivity index (χ3v) is 4.86. The Labute approximate surface area is 145 Å². The quantitative estimate of drug-likeness (QED) is 0.797. The third-order valence-electron chi connectivity index (χ3n) is 4.86. The summed E-state index contributed by atoms with van der Waals surface area (Å²) < 4.78 is 15.3. The highest BCUT2D eigenvalue weighted by molar-refractivity contribution is 5.35. The first-order valence-electron chi connectivity index (χ1n) is 8.49. The van der Waals surface area contributed by atoms with Crippen molar-refractivity contribution in [2.75, 3.05) is 6.54 Å². The van der Waals surface area contributed by atoms with Crippen LogP contribution < -0.4 is 0 Å². The van der Waals surface area contributed by atoms with Crippen LogP contribution in [0.15, 0.2) is 36.5 Å². The highest BCUT2D eigenvalue weighted by atomic mass is 19.1. The number of likely N-dealkylation sites (tertiary alicyclic amines) is 1. The summed E-state index contributed by atoms with van der Waals surface area (Å²) in [6.45, 7) is 5.26. The van der Waals surface area contributed by atoms with Crippen LogP contribution >= 0.6 is 0 Å². The summed E-state index contributed by atoms with van der Waals surface area (Å²) in [4.78, 5) is 11.1. The number of β-amino-alcohol motifs (C(OH)–C–C–N with tert-alkyl or cyclic N) is 1. The summed E-state index contributed by atoms with van der Waals surface area (Å²) in [6, 6.07) is 8.66. The summed E-state index contributed by atoms with van der Waals surface area (Å²) >= 11 is 0. The van der Waals surface area contributed by atoms with Gasteiger partial charge in [-0.1, -0.05) is 12.1 Å². The second-order valence-corrected chi connectivity index (χ2v) is 6.81. The van der Waals surface area contributed by atoms with Crippen LogP contribution in [0.3, 0.4) is 0 Å². The molecule has 0 aliphatic carbocycles. The molecule has 0 unspecified atom stereocenters. The van der Waals surface area contributed by atoms with Gasteiger partial charge in [-0.05, 0) is 44.0 Å². The predicted octanol–water partition coefficient (Wildman–Crippen LogP) is 2.79. The van der Waals surface area contributed by atoms with Gasteiger partial charge in [0.1, 0.15) is 5.82 Å². The van der Waals surface area contributed by atoms with E-state index < -0.39 is 0 Å². The maximum Gasteiger partial charge on any atom is 0.234 e. The van der Waals surface area contributed by atoms with Gasteiger partial charge in [0.05, 0.1) is 18.0 Å². The van der Waals surface area contributed by atoms with Gasteiger partial charge in [-0.25, -0.2) is 14.4 Å². The number of benzene rings is 1. The van der Waals surface area contributed by atoms with Crippen LogP contribution in [0.2, 0.25) is 0 Å². The Morgan fingerprint density at radius 3 is 2.76 bits per heavy atom. The van der Waals surface area contributed by atoms with Gasteiger partial charge in [-0.15, -0.1) is 0 Å². The smallest absolute Gasteiger partial charge is 0.234 e. The van der Waals surface area contributed by atoms with Crippen molar-refractivity contribution in [3.8, 4) is 0 Å². The van der Waals surface area contributed by atoms with Gasteiger partial charge in [-0.2, -0.15) is 0 Å². The molecule has 0 amide bonds. The van der Waals surface area contributed by atoms with E-state index in [0.29, 0.717) is 25.3 Å². The number of aryl methyl sites for hydroxylation is 2. The minimum atomic E-state index is -0.379. The molecule has 6 heteroatoms. The van der Waals surface area contributed by atoms with Crippen LogP contribution in [0.25, 0.3) is 5.78 Å². The van der Waals surface area contributed by atoms with Crippen molar-refractivity contribution < 1.29 is 9.50 Å². The first kappa shape index (κ1) is 16.2. The number of fused-ring (bicyclic) bond motifs is 1. The summed E-state index contributed by atoms with van der Waals surface area (Å²) in [5.74, 6) is 0.457. The highest BCUT2D eigenvalue weighted by Gasteiger charge is 2.32. The van der Waals surface area contributed by atoms with Gasteiger partial charge in [0.2, 0.25) is 5.78 Å². The average Bonchev–Trinajstić information content (AvgIpc) is 3.12. The van der Waals surface area contributed by atoms with Gasteiger partial charge in [0.25, 0.3) is 0 Å². The van der Waals surface area contributed by atoms with E-state index in [4.69, 9.17) is 0 Å². The Balaban J connectivity index is 1.66. The first-order chi connectivity index (χ1) is 12.0. The van der Waals surface area contributed by atoms with Gasteiger partial charge < -0.3 is 5.11 Å². The monoisotopic (exact) mass is 340 g/mol. The molecule has 3 aromatic rings. The standard InChI is InChI=1S/C19H21FN4O/c1-12-7-13(2)24-16(9-21-19(24)22-12)10-23-11-17(25)8-18(23)14-3-5-15(20)6-4-14/h3-7,9,17-18,25H,8,10-11H2,1-2H3/t17-,18+/m1/s1. The van der Waals surface area contributed by atoms with Gasteiger partial charge in [0, 0.05) is 30.5 Å². The van der Waals surface area contributed by atoms with E-state index in [1.807, 2.05) is 26.1 Å². The van der Waals surface area contributed by atoms with Crippen LogP contribution in [0.1, 0.15) is 35.1 Å². The van der Waals surface area contributed by atoms with Crippen molar-refractivity contribution in [1.29, 1.82) is 0 Å². The van der Waals surface area contributed by atoms with E-state index in [1.165, 1.54) is 12.1 Å². The van der Waals surface area contributed by atoms with E-state index in [2.05, 4.69) is 19.3 Å². The zero-order valence-electron chi connectivity index (χ0n) is 14.4. The molecule has 0 radical (unpaired) electrons. The van der Waals surface area contributed by atoms with Crippen molar-refractivity contribution in [2.45, 2.75) is 39.0 Å². The number of hydrogen-bond acceptors (Lipinski definition) is 4. The number of hydrogen-bond donors (Lipinski definition) is 1. The zero-order chi connectivity index (χ0) is 17.6. The normalized spacial score (nSPS) is 21.3. The minimum absolute atomic E-state index is 0.0693. The van der Waals surface area contributed by atoms with E-state index >= 15 is 0 Å². The molecule has 3 heterocycles. The number of aliphatic hydroxyl groups excluding tert-OH is 1. The summed E-state index contributed by atoms with van der Waals surface area (Å²) in [5.41, 5.74) is 4.11. The van der Waals surface area contributed by atoms with E-state index in [1.54, 1.807) is 12.1 Å². The van der Waals surface area contributed by atoms with Gasteiger partial charge in [-0.3, -0.25) is 9.30 Å². The van der Waals surface area contributed by atoms with E-state index in [-0.39, 0.29) is 18.0 Å². The molecule has 25 heavy (non-hydrogen) atoms. The maximum atomic E-state index is 13.2. The second-order valence-electron chi connectivity index (χ2n) is 6.81. The number of nitrogens with zero attached hydrogens (tertiary/aromatic N) is 4. The Hall–Kier alpha value is -2.31. The summed E-state index contributed by atoms with van der Waals surface area (Å²) in [7, 11) is 0. The molecule has 1 saturated heterocycles. The molecule has 4 rings (SSSR count). The first-order valence-corrected chi connectivity index (χ1v) is 8.49. The fourth-order valence-corrected chi connectivity index (χ4v) is 3.80. The molecule has 2 aromatic heterocycles. The fraction of sp³-hybridized carbons (Fsp3) is 0.368. The molecule has 2 atom stereocenters. The molecule has 1 aliphatic rings. The lowest BCUT2D eigenvalue weighted by Crippen LogP contribution is -2.25. The average molecular weight is 340 g/mol. The van der Waals surface area contributed by atoms with Crippen molar-refractivity contribution in [3.63, 3.8) is 0 Å². The van der Waals surface area contributed by atoms with Crippen LogP contribution in [-0.4, -0.2) is 37.0 Å². The number of imidazole rings is 1. The van der Waals surface area contributed by atoms with Crippen LogP contribution in [0.5, 0.6) is 0 Å². The molecule has 0 spiro atoms. The van der Waals surface area contributed by atoms with Crippen LogP contribution in [0.4, 0.5) is 4.39 Å². The van der Waals surface area contributed by atoms with Crippen molar-refractivity contribution in [2.24, 2.45) is 0 Å². The van der Waals surface area contributed by atoms with Gasteiger partial charge >= 0.3 is 0 Å². The number of aliphatic hydroxyl groups is 1. The van der Waals surface area contributed by atoms with Crippen molar-refractivity contribution >= 4 is 5.78 Å². The molecule has 130 valence electrons.